The zero-order chi connectivity index (χ0) is 35.5. The Balaban J connectivity index is 0.000000435. The van der Waals surface area contributed by atoms with Crippen LogP contribution in [0.4, 0.5) is 52.7 Å². The molecule has 0 bridgehead atoms. The molecule has 4 N–H and O–H groups in total. The Bertz CT molecular complexity index is 1320. The second-order valence-corrected chi connectivity index (χ2v) is 10.6. The molecule has 3 rings (SSSR count). The first kappa shape index (κ1) is 40.6. The summed E-state index contributed by atoms with van der Waals surface area (Å²) in [6, 6.07) is 15.3. The molecule has 0 aliphatic carbocycles. The van der Waals surface area contributed by atoms with Gasteiger partial charge in [0.05, 0.1) is 0 Å². The fourth-order valence-corrected chi connectivity index (χ4v) is 3.89. The highest BCUT2D eigenvalue weighted by molar-refractivity contribution is 5.35. The first-order chi connectivity index (χ1) is 21.1. The molecule has 3 aromatic rings. The number of halogens is 12. The molecule has 0 amide bonds. The Morgan fingerprint density at radius 1 is 0.761 bits per heavy atom. The van der Waals surface area contributed by atoms with E-state index in [2.05, 4.69) is 35.3 Å². The first-order valence-electron chi connectivity index (χ1n) is 13.6. The smallest absolute Gasteiger partial charge is 0.428 e. The number of alkyl halides is 10. The normalized spacial score (nSPS) is 12.8. The van der Waals surface area contributed by atoms with Crippen molar-refractivity contribution in [1.29, 1.82) is 0 Å². The number of benzene rings is 3. The van der Waals surface area contributed by atoms with Crippen molar-refractivity contribution in [2.75, 3.05) is 6.54 Å². The molecule has 0 heterocycles. The van der Waals surface area contributed by atoms with Crippen LogP contribution >= 0.6 is 0 Å². The van der Waals surface area contributed by atoms with E-state index in [0.29, 0.717) is 23.6 Å². The van der Waals surface area contributed by atoms with Gasteiger partial charge in [0, 0.05) is 18.7 Å². The first-order valence-corrected chi connectivity index (χ1v) is 13.6. The van der Waals surface area contributed by atoms with Crippen molar-refractivity contribution >= 4 is 0 Å². The van der Waals surface area contributed by atoms with Gasteiger partial charge in [-0.1, -0.05) is 61.9 Å². The van der Waals surface area contributed by atoms with Crippen LogP contribution in [0.1, 0.15) is 36.1 Å². The van der Waals surface area contributed by atoms with Crippen molar-refractivity contribution in [1.82, 2.24) is 0 Å². The van der Waals surface area contributed by atoms with Crippen LogP contribution < -0.4 is 16.2 Å². The van der Waals surface area contributed by atoms with E-state index < -0.39 is 55.0 Å². The number of hydrogen-bond acceptors (Lipinski definition) is 3. The minimum Gasteiger partial charge on any atom is -0.428 e. The molecule has 258 valence electrons. The summed E-state index contributed by atoms with van der Waals surface area (Å²) in [5.74, 6) is -5.28. The molecule has 46 heavy (non-hydrogen) atoms. The van der Waals surface area contributed by atoms with Gasteiger partial charge in [-0.25, -0.2) is 8.78 Å². The Morgan fingerprint density at radius 3 is 1.74 bits per heavy atom. The minimum atomic E-state index is -5.41. The SMILES string of the molecule is CC(C)Cc1cc(Cc2cc(F)cc(OC(F)(F)C(F)F)c2)ccc1F.Cc1ccccc1.NCC(N)C(C(F)(F)F)C(F)(F)F. The molecular formula is C31H34F12N2O. The van der Waals surface area contributed by atoms with Gasteiger partial charge in [-0.15, -0.1) is 0 Å². The molecule has 0 radical (unpaired) electrons. The third kappa shape index (κ3) is 14.3. The molecule has 0 aliphatic heterocycles. The Hall–Kier alpha value is -3.46. The topological polar surface area (TPSA) is 61.3 Å². The maximum atomic E-state index is 13.8. The quantitative estimate of drug-likeness (QED) is 0.222. The summed E-state index contributed by atoms with van der Waals surface area (Å²) in [7, 11) is 0. The molecule has 0 saturated carbocycles. The molecule has 0 aromatic heterocycles. The lowest BCUT2D eigenvalue weighted by molar-refractivity contribution is -0.288. The predicted molar refractivity (Wildman–Crippen MR) is 150 cm³/mol. The lowest BCUT2D eigenvalue weighted by Crippen LogP contribution is -2.51. The maximum Gasteiger partial charge on any atom is 0.461 e. The summed E-state index contributed by atoms with van der Waals surface area (Å²) in [5, 5.41) is 0. The number of rotatable bonds is 9. The van der Waals surface area contributed by atoms with E-state index in [-0.39, 0.29) is 23.7 Å². The van der Waals surface area contributed by atoms with Crippen LogP contribution in [-0.2, 0) is 12.8 Å². The van der Waals surface area contributed by atoms with E-state index >= 15 is 0 Å². The van der Waals surface area contributed by atoms with E-state index in [1.807, 2.05) is 32.0 Å². The highest BCUT2D eigenvalue weighted by Crippen LogP contribution is 2.40. The monoisotopic (exact) mass is 678 g/mol. The zero-order valence-electron chi connectivity index (χ0n) is 24.9. The highest BCUT2D eigenvalue weighted by atomic mass is 19.4. The van der Waals surface area contributed by atoms with Crippen LogP contribution in [0.2, 0.25) is 0 Å². The average molecular weight is 679 g/mol. The Kier molecular flexibility index (Phi) is 15.4. The van der Waals surface area contributed by atoms with E-state index in [1.54, 1.807) is 6.07 Å². The van der Waals surface area contributed by atoms with Crippen molar-refractivity contribution in [2.45, 2.75) is 64.5 Å². The summed E-state index contributed by atoms with van der Waals surface area (Å²) < 4.78 is 153. The fourth-order valence-electron chi connectivity index (χ4n) is 3.89. The summed E-state index contributed by atoms with van der Waals surface area (Å²) in [6.07, 6.45) is -18.9. The number of aryl methyl sites for hydroxylation is 1. The molecule has 1 unspecified atom stereocenters. The molecular weight excluding hydrogens is 644 g/mol. The van der Waals surface area contributed by atoms with E-state index in [0.717, 1.165) is 12.1 Å². The second kappa shape index (κ2) is 17.5. The van der Waals surface area contributed by atoms with Gasteiger partial charge in [-0.3, -0.25) is 0 Å². The summed E-state index contributed by atoms with van der Waals surface area (Å²) >= 11 is 0. The number of nitrogens with two attached hydrogens (primary N) is 2. The summed E-state index contributed by atoms with van der Waals surface area (Å²) in [6.45, 7) is 5.08. The van der Waals surface area contributed by atoms with Crippen molar-refractivity contribution in [2.24, 2.45) is 23.3 Å². The Labute approximate surface area is 258 Å². The molecule has 3 nitrogen and oxygen atoms in total. The number of ether oxygens (including phenoxy) is 1. The maximum absolute atomic E-state index is 13.8. The van der Waals surface area contributed by atoms with Crippen molar-refractivity contribution in [3.8, 4) is 5.75 Å². The fraction of sp³-hybridized carbons (Fsp3) is 0.419. The van der Waals surface area contributed by atoms with E-state index in [4.69, 9.17) is 0 Å². The average Bonchev–Trinajstić information content (AvgIpc) is 2.89. The van der Waals surface area contributed by atoms with Gasteiger partial charge in [0.25, 0.3) is 0 Å². The van der Waals surface area contributed by atoms with Crippen LogP contribution in [0.15, 0.2) is 66.7 Å². The van der Waals surface area contributed by atoms with Crippen LogP contribution in [0, 0.1) is 30.4 Å². The molecule has 1 atom stereocenters. The summed E-state index contributed by atoms with van der Waals surface area (Å²) in [5.41, 5.74) is 12.0. The highest BCUT2D eigenvalue weighted by Gasteiger charge is 2.59. The van der Waals surface area contributed by atoms with Crippen LogP contribution in [0.25, 0.3) is 0 Å². The van der Waals surface area contributed by atoms with Gasteiger partial charge in [0.2, 0.25) is 0 Å². The van der Waals surface area contributed by atoms with Crippen LogP contribution in [0.3, 0.4) is 0 Å². The number of hydrogen-bond donors (Lipinski definition) is 2. The van der Waals surface area contributed by atoms with Gasteiger partial charge < -0.3 is 16.2 Å². The summed E-state index contributed by atoms with van der Waals surface area (Å²) in [4.78, 5) is 0. The molecule has 0 saturated heterocycles. The Morgan fingerprint density at radius 2 is 1.33 bits per heavy atom. The van der Waals surface area contributed by atoms with Gasteiger partial charge in [0.1, 0.15) is 17.4 Å². The molecule has 15 heteroatoms. The standard InChI is InChI=1S/C19H18F6O.C7H8.C5H8F6N2/c1-11(2)5-14-7-12(3-4-17(14)21)6-13-8-15(20)10-16(9-13)26-19(24,25)18(22)23;1-7-5-3-2-4-6-7;6-4(7,8)3(2(13)1-12)5(9,10)11/h3-4,7-11,18H,5-6H2,1-2H3;2-6H,1H3;2-3H,1,12-13H2. The molecule has 0 fully saturated rings. The zero-order valence-corrected chi connectivity index (χ0v) is 24.9. The van der Waals surface area contributed by atoms with E-state index in [9.17, 15) is 52.7 Å². The van der Waals surface area contributed by atoms with Gasteiger partial charge in [0.15, 0.2) is 5.92 Å². The largest absolute Gasteiger partial charge is 0.461 e. The van der Waals surface area contributed by atoms with Crippen molar-refractivity contribution < 1.29 is 57.4 Å². The lowest BCUT2D eigenvalue weighted by Gasteiger charge is -2.27. The van der Waals surface area contributed by atoms with Crippen LogP contribution in [-0.4, -0.2) is 37.5 Å². The van der Waals surface area contributed by atoms with Gasteiger partial charge >= 0.3 is 24.9 Å². The van der Waals surface area contributed by atoms with Gasteiger partial charge in [-0.05, 0) is 60.6 Å². The predicted octanol–water partition coefficient (Wildman–Crippen LogP) is 9.00. The van der Waals surface area contributed by atoms with Gasteiger partial charge in [-0.2, -0.15) is 43.9 Å². The molecule has 3 aromatic carbocycles. The molecule has 0 spiro atoms. The second-order valence-electron chi connectivity index (χ2n) is 10.6. The van der Waals surface area contributed by atoms with Crippen molar-refractivity contribution in [3.63, 3.8) is 0 Å². The minimum absolute atomic E-state index is 0.111. The van der Waals surface area contributed by atoms with Crippen LogP contribution in [0.5, 0.6) is 5.75 Å². The lowest BCUT2D eigenvalue weighted by atomic mass is 9.97. The molecule has 0 aliphatic rings. The van der Waals surface area contributed by atoms with E-state index in [1.165, 1.54) is 17.7 Å². The van der Waals surface area contributed by atoms with Crippen molar-refractivity contribution in [3.05, 3.63) is 101 Å². The third-order valence-corrected chi connectivity index (χ3v) is 5.93. The third-order valence-electron chi connectivity index (χ3n) is 5.93.